The first-order valence-corrected chi connectivity index (χ1v) is 8.40. The molecule has 2 atom stereocenters. The molecule has 136 valence electrons. The Bertz CT molecular complexity index is 900. The number of aliphatic hydroxyl groups excluding tert-OH is 1. The number of piperidine rings is 1. The molecule has 2 N–H and O–H groups in total. The second-order valence-corrected chi connectivity index (χ2v) is 6.24. The Labute approximate surface area is 148 Å². The summed E-state index contributed by atoms with van der Waals surface area (Å²) in [7, 11) is 0. The molecule has 0 aromatic carbocycles. The number of alkyl halides is 1. The molecule has 1 aliphatic heterocycles. The van der Waals surface area contributed by atoms with Gasteiger partial charge in [-0.1, -0.05) is 0 Å². The summed E-state index contributed by atoms with van der Waals surface area (Å²) in [4.78, 5) is 9.97. The monoisotopic (exact) mass is 360 g/mol. The molecule has 1 fully saturated rings. The summed E-state index contributed by atoms with van der Waals surface area (Å²) in [6.07, 6.45) is 1.91. The summed E-state index contributed by atoms with van der Waals surface area (Å²) >= 11 is 0. The zero-order valence-electron chi connectivity index (χ0n) is 13.9. The van der Waals surface area contributed by atoms with E-state index in [1.54, 1.807) is 12.1 Å². The van der Waals surface area contributed by atoms with Gasteiger partial charge < -0.3 is 15.3 Å². The number of pyridine rings is 1. The van der Waals surface area contributed by atoms with Crippen molar-refractivity contribution in [3.8, 4) is 0 Å². The van der Waals surface area contributed by atoms with Crippen molar-refractivity contribution in [1.29, 1.82) is 0 Å². The third-order valence-electron chi connectivity index (χ3n) is 4.35. The van der Waals surface area contributed by atoms with E-state index in [2.05, 4.69) is 20.4 Å². The van der Waals surface area contributed by atoms with Crippen molar-refractivity contribution in [1.82, 2.24) is 19.6 Å². The molecule has 4 rings (SSSR count). The smallest absolute Gasteiger partial charge is 0.170 e. The van der Waals surface area contributed by atoms with Crippen molar-refractivity contribution in [2.75, 3.05) is 23.3 Å². The number of hydrogen-bond donors (Lipinski definition) is 2. The number of aromatic nitrogens is 4. The molecule has 3 aromatic heterocycles. The van der Waals surface area contributed by atoms with E-state index < -0.39 is 18.2 Å². The van der Waals surface area contributed by atoms with Gasteiger partial charge in [-0.2, -0.15) is 0 Å². The quantitative estimate of drug-likeness (QED) is 0.695. The zero-order chi connectivity index (χ0) is 18.1. The van der Waals surface area contributed by atoms with E-state index >= 15 is 0 Å². The van der Waals surface area contributed by atoms with Crippen molar-refractivity contribution < 1.29 is 13.9 Å². The molecule has 0 amide bonds. The van der Waals surface area contributed by atoms with Gasteiger partial charge >= 0.3 is 0 Å². The van der Waals surface area contributed by atoms with E-state index in [1.807, 2.05) is 4.90 Å². The van der Waals surface area contributed by atoms with E-state index in [0.29, 0.717) is 35.9 Å². The highest BCUT2D eigenvalue weighted by atomic mass is 19.1. The standard InChI is InChI=1S/C17H18F2N6O/c18-11-3-4-14(20-8-11)22-17(26)13-9-21-15-5-6-16(23-25(13)15)24-7-1-2-12(19)10-24/h3-6,8-9,12,17,26H,1-2,7,10H2,(H,20,22)/t12-,17?/m0/s1. The molecule has 26 heavy (non-hydrogen) atoms. The SMILES string of the molecule is OC(Nc1ccc(F)cn1)c1cnc2ccc(N3CCC[C@H](F)C3)nn12. The molecule has 0 bridgehead atoms. The topological polar surface area (TPSA) is 78.6 Å². The van der Waals surface area contributed by atoms with Crippen molar-refractivity contribution in [2.45, 2.75) is 25.2 Å². The highest BCUT2D eigenvalue weighted by Gasteiger charge is 2.22. The second-order valence-electron chi connectivity index (χ2n) is 6.24. The average molecular weight is 360 g/mol. The maximum Gasteiger partial charge on any atom is 0.170 e. The highest BCUT2D eigenvalue weighted by Crippen LogP contribution is 2.22. The number of hydrogen-bond acceptors (Lipinski definition) is 6. The summed E-state index contributed by atoms with van der Waals surface area (Å²) < 4.78 is 28.1. The maximum absolute atomic E-state index is 13.7. The lowest BCUT2D eigenvalue weighted by molar-refractivity contribution is 0.200. The number of rotatable bonds is 4. The van der Waals surface area contributed by atoms with Crippen LogP contribution in [0.3, 0.4) is 0 Å². The molecule has 9 heteroatoms. The number of imidazole rings is 1. The molecule has 0 radical (unpaired) electrons. The Morgan fingerprint density at radius 1 is 1.19 bits per heavy atom. The summed E-state index contributed by atoms with van der Waals surface area (Å²) in [5.74, 6) is 0.492. The van der Waals surface area contributed by atoms with Gasteiger partial charge in [0.2, 0.25) is 0 Å². The van der Waals surface area contributed by atoms with Crippen LogP contribution in [-0.2, 0) is 0 Å². The van der Waals surface area contributed by atoms with Gasteiger partial charge in [0.05, 0.1) is 18.9 Å². The Morgan fingerprint density at radius 2 is 2.08 bits per heavy atom. The number of nitrogens with one attached hydrogen (secondary N) is 1. The van der Waals surface area contributed by atoms with Crippen molar-refractivity contribution in [3.63, 3.8) is 0 Å². The number of fused-ring (bicyclic) bond motifs is 1. The van der Waals surface area contributed by atoms with Crippen LogP contribution in [0.4, 0.5) is 20.4 Å². The Morgan fingerprint density at radius 3 is 2.85 bits per heavy atom. The average Bonchev–Trinajstić information content (AvgIpc) is 3.07. The Kier molecular flexibility index (Phi) is 4.37. The lowest BCUT2D eigenvalue weighted by Crippen LogP contribution is -2.37. The third-order valence-corrected chi connectivity index (χ3v) is 4.35. The van der Waals surface area contributed by atoms with Crippen LogP contribution in [0.5, 0.6) is 0 Å². The molecule has 3 aromatic rings. The molecule has 4 heterocycles. The van der Waals surface area contributed by atoms with E-state index in [4.69, 9.17) is 0 Å². The molecular weight excluding hydrogens is 342 g/mol. The van der Waals surface area contributed by atoms with Gasteiger partial charge in [-0.25, -0.2) is 23.3 Å². The lowest BCUT2D eigenvalue weighted by Gasteiger charge is -2.29. The van der Waals surface area contributed by atoms with Crippen molar-refractivity contribution in [2.24, 2.45) is 0 Å². The Balaban J connectivity index is 1.60. The molecule has 0 spiro atoms. The van der Waals surface area contributed by atoms with Gasteiger partial charge in [-0.3, -0.25) is 0 Å². The highest BCUT2D eigenvalue weighted by molar-refractivity contribution is 5.48. The van der Waals surface area contributed by atoms with Crippen LogP contribution in [0.2, 0.25) is 0 Å². The van der Waals surface area contributed by atoms with Crippen LogP contribution in [0, 0.1) is 5.82 Å². The molecule has 0 saturated carbocycles. The summed E-state index contributed by atoms with van der Waals surface area (Å²) in [6.45, 7) is 1.05. The van der Waals surface area contributed by atoms with E-state index in [0.717, 1.165) is 19.2 Å². The third kappa shape index (κ3) is 3.30. The number of anilines is 2. The maximum atomic E-state index is 13.7. The van der Waals surface area contributed by atoms with Gasteiger partial charge in [0.15, 0.2) is 11.9 Å². The minimum absolute atomic E-state index is 0.308. The summed E-state index contributed by atoms with van der Waals surface area (Å²) in [5.41, 5.74) is 0.965. The van der Waals surface area contributed by atoms with Crippen molar-refractivity contribution >= 4 is 17.3 Å². The van der Waals surface area contributed by atoms with Crippen LogP contribution in [0.1, 0.15) is 24.8 Å². The van der Waals surface area contributed by atoms with Crippen LogP contribution >= 0.6 is 0 Å². The van der Waals surface area contributed by atoms with E-state index in [1.165, 1.54) is 22.8 Å². The van der Waals surface area contributed by atoms with E-state index in [9.17, 15) is 13.9 Å². The van der Waals surface area contributed by atoms with Crippen LogP contribution in [0.15, 0.2) is 36.7 Å². The van der Waals surface area contributed by atoms with Gasteiger partial charge in [0.1, 0.15) is 29.3 Å². The first kappa shape index (κ1) is 16.6. The fourth-order valence-electron chi connectivity index (χ4n) is 3.05. The molecule has 0 aliphatic carbocycles. The van der Waals surface area contributed by atoms with Crippen molar-refractivity contribution in [3.05, 3.63) is 48.2 Å². The van der Waals surface area contributed by atoms with Gasteiger partial charge in [0, 0.05) is 6.54 Å². The first-order valence-electron chi connectivity index (χ1n) is 8.40. The van der Waals surface area contributed by atoms with E-state index in [-0.39, 0.29) is 0 Å². The fourth-order valence-corrected chi connectivity index (χ4v) is 3.05. The van der Waals surface area contributed by atoms with Crippen LogP contribution < -0.4 is 10.2 Å². The minimum atomic E-state index is -1.14. The first-order chi connectivity index (χ1) is 12.6. The molecule has 7 nitrogen and oxygen atoms in total. The van der Waals surface area contributed by atoms with Gasteiger partial charge in [-0.05, 0) is 37.1 Å². The zero-order valence-corrected chi connectivity index (χ0v) is 13.9. The molecule has 1 saturated heterocycles. The second kappa shape index (κ2) is 6.83. The molecule has 1 aliphatic rings. The minimum Gasteiger partial charge on any atom is -0.368 e. The van der Waals surface area contributed by atoms with Gasteiger partial charge in [0.25, 0.3) is 0 Å². The predicted molar refractivity (Wildman–Crippen MR) is 92.1 cm³/mol. The number of aliphatic hydroxyl groups is 1. The lowest BCUT2D eigenvalue weighted by atomic mass is 10.1. The Hall–Kier alpha value is -2.81. The summed E-state index contributed by atoms with van der Waals surface area (Å²) in [6, 6.07) is 6.24. The fraction of sp³-hybridized carbons (Fsp3) is 0.353. The number of nitrogens with zero attached hydrogens (tertiary/aromatic N) is 5. The molecule has 1 unspecified atom stereocenters. The summed E-state index contributed by atoms with van der Waals surface area (Å²) in [5, 5.41) is 17.7. The molecular formula is C17H18F2N6O. The van der Waals surface area contributed by atoms with Gasteiger partial charge in [-0.15, -0.1) is 5.10 Å². The number of halogens is 2. The van der Waals surface area contributed by atoms with Crippen LogP contribution in [0.25, 0.3) is 5.65 Å². The normalized spacial score (nSPS) is 18.9. The van der Waals surface area contributed by atoms with Crippen LogP contribution in [-0.4, -0.2) is 43.9 Å². The predicted octanol–water partition coefficient (Wildman–Crippen LogP) is 2.30. The largest absolute Gasteiger partial charge is 0.368 e.